The minimum absolute atomic E-state index is 0.0923. The second kappa shape index (κ2) is 6.35. The molecule has 1 amide bonds. The summed E-state index contributed by atoms with van der Waals surface area (Å²) in [7, 11) is 0. The van der Waals surface area contributed by atoms with Crippen molar-refractivity contribution in [2.24, 2.45) is 5.41 Å². The Hall–Kier alpha value is -2.63. The zero-order valence-electron chi connectivity index (χ0n) is 14.8. The number of aliphatic carboxylic acids is 1. The normalized spacial score (nSPS) is 20.0. The highest BCUT2D eigenvalue weighted by molar-refractivity contribution is 5.96. The molecule has 1 atom stereocenters. The number of rotatable bonds is 4. The maximum absolute atomic E-state index is 12.9. The number of amides is 1. The standard InChI is InChI=1S/C19H23N3O3/c1-13-10-16(14(2)22(13)11-15-6-4-5-8-20-15)17(23)21-9-7-19(3,12-21)18(24)25/h4-6,8,10H,7,9,11-12H2,1-3H3,(H,24,25). The molecular weight excluding hydrogens is 318 g/mol. The summed E-state index contributed by atoms with van der Waals surface area (Å²) >= 11 is 0. The molecule has 1 aliphatic heterocycles. The minimum Gasteiger partial charge on any atom is -0.481 e. The van der Waals surface area contributed by atoms with E-state index in [1.54, 1.807) is 18.0 Å². The van der Waals surface area contributed by atoms with Crippen LogP contribution in [0.25, 0.3) is 0 Å². The molecule has 1 aliphatic rings. The van der Waals surface area contributed by atoms with Gasteiger partial charge in [-0.2, -0.15) is 0 Å². The van der Waals surface area contributed by atoms with Gasteiger partial charge in [-0.25, -0.2) is 0 Å². The van der Waals surface area contributed by atoms with Crippen molar-refractivity contribution in [3.8, 4) is 0 Å². The van der Waals surface area contributed by atoms with Crippen LogP contribution < -0.4 is 0 Å². The van der Waals surface area contributed by atoms with E-state index in [9.17, 15) is 14.7 Å². The highest BCUT2D eigenvalue weighted by Gasteiger charge is 2.42. The number of carboxylic acids is 1. The third kappa shape index (κ3) is 3.16. The Morgan fingerprint density at radius 3 is 2.68 bits per heavy atom. The highest BCUT2D eigenvalue weighted by Crippen LogP contribution is 2.31. The molecule has 0 radical (unpaired) electrons. The number of pyridine rings is 1. The van der Waals surface area contributed by atoms with Gasteiger partial charge < -0.3 is 14.6 Å². The Balaban J connectivity index is 1.83. The quantitative estimate of drug-likeness (QED) is 0.927. The monoisotopic (exact) mass is 341 g/mol. The van der Waals surface area contributed by atoms with Gasteiger partial charge in [0.1, 0.15) is 0 Å². The molecule has 2 aromatic heterocycles. The van der Waals surface area contributed by atoms with Crippen LogP contribution in [0.5, 0.6) is 0 Å². The molecule has 25 heavy (non-hydrogen) atoms. The summed E-state index contributed by atoms with van der Waals surface area (Å²) in [6, 6.07) is 7.66. The molecule has 0 saturated carbocycles. The zero-order valence-corrected chi connectivity index (χ0v) is 14.8. The molecule has 1 saturated heterocycles. The second-order valence-corrected chi connectivity index (χ2v) is 7.03. The van der Waals surface area contributed by atoms with Crippen molar-refractivity contribution in [3.05, 3.63) is 53.1 Å². The number of carbonyl (C=O) groups excluding carboxylic acids is 1. The van der Waals surface area contributed by atoms with Crippen molar-refractivity contribution in [1.29, 1.82) is 0 Å². The Labute approximate surface area is 147 Å². The molecule has 6 heteroatoms. The lowest BCUT2D eigenvalue weighted by Crippen LogP contribution is -2.35. The largest absolute Gasteiger partial charge is 0.481 e. The molecule has 0 bridgehead atoms. The van der Waals surface area contributed by atoms with Crippen LogP contribution >= 0.6 is 0 Å². The predicted octanol–water partition coefficient (Wildman–Crippen LogP) is 2.49. The fraction of sp³-hybridized carbons (Fsp3) is 0.421. The Bertz CT molecular complexity index is 813. The minimum atomic E-state index is -0.852. The van der Waals surface area contributed by atoms with E-state index in [1.165, 1.54) is 0 Å². The predicted molar refractivity (Wildman–Crippen MR) is 93.5 cm³/mol. The topological polar surface area (TPSA) is 75.4 Å². The van der Waals surface area contributed by atoms with Crippen molar-refractivity contribution in [3.63, 3.8) is 0 Å². The van der Waals surface area contributed by atoms with E-state index in [0.29, 0.717) is 25.1 Å². The molecule has 3 heterocycles. The number of nitrogens with zero attached hydrogens (tertiary/aromatic N) is 3. The van der Waals surface area contributed by atoms with E-state index >= 15 is 0 Å². The molecule has 2 aromatic rings. The third-order valence-corrected chi connectivity index (χ3v) is 5.13. The lowest BCUT2D eigenvalue weighted by atomic mass is 9.90. The SMILES string of the molecule is Cc1cc(C(=O)N2CCC(C)(C(=O)O)C2)c(C)n1Cc1ccccn1. The average Bonchev–Trinajstić information content (AvgIpc) is 3.12. The highest BCUT2D eigenvalue weighted by atomic mass is 16.4. The first-order valence-corrected chi connectivity index (χ1v) is 8.41. The van der Waals surface area contributed by atoms with Gasteiger partial charge in [0.25, 0.3) is 5.91 Å². The fourth-order valence-corrected chi connectivity index (χ4v) is 3.39. The summed E-state index contributed by atoms with van der Waals surface area (Å²) in [6.45, 7) is 6.94. The summed E-state index contributed by atoms with van der Waals surface area (Å²) in [5.41, 5.74) is 2.60. The molecule has 1 N–H and O–H groups in total. The third-order valence-electron chi connectivity index (χ3n) is 5.13. The van der Waals surface area contributed by atoms with Gasteiger partial charge in [-0.05, 0) is 45.4 Å². The van der Waals surface area contributed by atoms with Crippen LogP contribution in [0, 0.1) is 19.3 Å². The smallest absolute Gasteiger partial charge is 0.311 e. The Kier molecular flexibility index (Phi) is 4.37. The van der Waals surface area contributed by atoms with Crippen LogP contribution in [0.3, 0.4) is 0 Å². The number of hydrogen-bond acceptors (Lipinski definition) is 3. The van der Waals surface area contributed by atoms with Gasteiger partial charge in [0.2, 0.25) is 0 Å². The molecule has 132 valence electrons. The first kappa shape index (κ1) is 17.2. The van der Waals surface area contributed by atoms with Gasteiger partial charge in [-0.1, -0.05) is 6.07 Å². The second-order valence-electron chi connectivity index (χ2n) is 7.03. The molecule has 0 aromatic carbocycles. The Morgan fingerprint density at radius 2 is 2.08 bits per heavy atom. The number of carbonyl (C=O) groups is 2. The average molecular weight is 341 g/mol. The van der Waals surface area contributed by atoms with Crippen molar-refractivity contribution in [2.75, 3.05) is 13.1 Å². The van der Waals surface area contributed by atoms with Gasteiger partial charge in [0.05, 0.1) is 23.2 Å². The number of aromatic nitrogens is 2. The molecule has 6 nitrogen and oxygen atoms in total. The van der Waals surface area contributed by atoms with Crippen molar-refractivity contribution in [1.82, 2.24) is 14.5 Å². The fourth-order valence-electron chi connectivity index (χ4n) is 3.39. The van der Waals surface area contributed by atoms with E-state index in [4.69, 9.17) is 0 Å². The van der Waals surface area contributed by atoms with Gasteiger partial charge in [-0.3, -0.25) is 14.6 Å². The molecule has 0 spiro atoms. The Morgan fingerprint density at radius 1 is 1.32 bits per heavy atom. The molecular formula is C19H23N3O3. The van der Waals surface area contributed by atoms with Crippen LogP contribution in [-0.4, -0.2) is 44.5 Å². The molecule has 0 aliphatic carbocycles. The zero-order chi connectivity index (χ0) is 18.2. The number of carboxylic acid groups (broad SMARTS) is 1. The summed E-state index contributed by atoms with van der Waals surface area (Å²) in [5, 5.41) is 9.36. The molecule has 1 unspecified atom stereocenters. The summed E-state index contributed by atoms with van der Waals surface area (Å²) in [5.74, 6) is -0.936. The first-order chi connectivity index (χ1) is 11.8. The van der Waals surface area contributed by atoms with Crippen LogP contribution in [-0.2, 0) is 11.3 Å². The number of hydrogen-bond donors (Lipinski definition) is 1. The first-order valence-electron chi connectivity index (χ1n) is 8.41. The van der Waals surface area contributed by atoms with Crippen LogP contribution in [0.15, 0.2) is 30.5 Å². The maximum atomic E-state index is 12.9. The van der Waals surface area contributed by atoms with Crippen molar-refractivity contribution < 1.29 is 14.7 Å². The summed E-state index contributed by atoms with van der Waals surface area (Å²) in [4.78, 5) is 30.3. The van der Waals surface area contributed by atoms with Crippen molar-refractivity contribution >= 4 is 11.9 Å². The van der Waals surface area contributed by atoms with Crippen molar-refractivity contribution in [2.45, 2.75) is 33.7 Å². The molecule has 1 fully saturated rings. The van der Waals surface area contributed by atoms with E-state index in [1.807, 2.05) is 38.1 Å². The number of aryl methyl sites for hydroxylation is 1. The lowest BCUT2D eigenvalue weighted by molar-refractivity contribution is -0.147. The maximum Gasteiger partial charge on any atom is 0.311 e. The van der Waals surface area contributed by atoms with Crippen LogP contribution in [0.2, 0.25) is 0 Å². The van der Waals surface area contributed by atoms with Gasteiger partial charge in [0, 0.05) is 30.7 Å². The van der Waals surface area contributed by atoms with E-state index < -0.39 is 11.4 Å². The van der Waals surface area contributed by atoms with Gasteiger partial charge >= 0.3 is 5.97 Å². The van der Waals surface area contributed by atoms with Crippen LogP contribution in [0.4, 0.5) is 0 Å². The lowest BCUT2D eigenvalue weighted by Gasteiger charge is -2.20. The van der Waals surface area contributed by atoms with E-state index in [0.717, 1.165) is 17.1 Å². The number of likely N-dealkylation sites (tertiary alicyclic amines) is 1. The summed E-state index contributed by atoms with van der Waals surface area (Å²) < 4.78 is 2.07. The van der Waals surface area contributed by atoms with E-state index in [2.05, 4.69) is 9.55 Å². The summed E-state index contributed by atoms with van der Waals surface area (Å²) in [6.07, 6.45) is 2.24. The van der Waals surface area contributed by atoms with Crippen LogP contribution in [0.1, 0.15) is 40.8 Å². The molecule has 3 rings (SSSR count). The van der Waals surface area contributed by atoms with Gasteiger partial charge in [0.15, 0.2) is 0 Å². The van der Waals surface area contributed by atoms with E-state index in [-0.39, 0.29) is 12.5 Å². The van der Waals surface area contributed by atoms with Gasteiger partial charge in [-0.15, -0.1) is 0 Å².